The van der Waals surface area contributed by atoms with Crippen molar-refractivity contribution in [3.8, 4) is 0 Å². The molecule has 0 radical (unpaired) electrons. The molecule has 1 aromatic heterocycles. The monoisotopic (exact) mass is 268 g/mol. The Morgan fingerprint density at radius 2 is 2.35 bits per heavy atom. The van der Waals surface area contributed by atoms with Gasteiger partial charge in [0, 0.05) is 29.8 Å². The van der Waals surface area contributed by atoms with Crippen LogP contribution in [0.15, 0.2) is 24.4 Å². The maximum atomic E-state index is 12.5. The Morgan fingerprint density at radius 1 is 1.53 bits per heavy atom. The summed E-state index contributed by atoms with van der Waals surface area (Å²) in [6, 6.07) is 5.71. The molecular formula is C12H16N2OS2. The molecule has 0 aliphatic carbocycles. The molecule has 1 saturated heterocycles. The van der Waals surface area contributed by atoms with Gasteiger partial charge < -0.3 is 5.32 Å². The van der Waals surface area contributed by atoms with Crippen molar-refractivity contribution in [2.45, 2.75) is 24.0 Å². The number of thiocarbonyl (C=S) groups is 1. The molecule has 1 unspecified atom stereocenters. The summed E-state index contributed by atoms with van der Waals surface area (Å²) >= 11 is 5.40. The second kappa shape index (κ2) is 5.23. The fraction of sp³-hybridized carbons (Fsp3) is 0.500. The lowest BCUT2D eigenvalue weighted by molar-refractivity contribution is 0.566. The number of rotatable bonds is 2. The first kappa shape index (κ1) is 12.6. The first-order valence-electron chi connectivity index (χ1n) is 5.74. The summed E-state index contributed by atoms with van der Waals surface area (Å²) in [6.07, 6.45) is 4.61. The largest absolute Gasteiger partial charge is 0.381 e. The molecular weight excluding hydrogens is 252 g/mol. The minimum atomic E-state index is -0.984. The lowest BCUT2D eigenvalue weighted by Crippen LogP contribution is -2.48. The molecule has 92 valence electrons. The molecule has 1 fully saturated rings. The van der Waals surface area contributed by atoms with Gasteiger partial charge in [-0.05, 0) is 25.0 Å². The zero-order valence-corrected chi connectivity index (χ0v) is 11.4. The third kappa shape index (κ3) is 2.13. The predicted molar refractivity (Wildman–Crippen MR) is 74.4 cm³/mol. The molecule has 2 heterocycles. The summed E-state index contributed by atoms with van der Waals surface area (Å²) in [6.45, 7) is 0. The molecule has 2 atom stereocenters. The molecule has 1 aliphatic rings. The molecule has 2 rings (SSSR count). The van der Waals surface area contributed by atoms with Gasteiger partial charge >= 0.3 is 0 Å². The van der Waals surface area contributed by atoms with Crippen LogP contribution >= 0.6 is 12.2 Å². The van der Waals surface area contributed by atoms with E-state index < -0.39 is 15.5 Å². The van der Waals surface area contributed by atoms with E-state index in [0.29, 0.717) is 10.7 Å². The minimum absolute atomic E-state index is 0.580. The van der Waals surface area contributed by atoms with E-state index in [-0.39, 0.29) is 0 Å². The summed E-state index contributed by atoms with van der Waals surface area (Å²) in [5.74, 6) is 0.707. The number of pyridine rings is 1. The number of aromatic nitrogens is 1. The van der Waals surface area contributed by atoms with Crippen molar-refractivity contribution in [2.24, 2.45) is 0 Å². The highest BCUT2D eigenvalue weighted by atomic mass is 32.2. The number of hydrogen-bond donors (Lipinski definition) is 1. The second-order valence-electron chi connectivity index (χ2n) is 4.13. The van der Waals surface area contributed by atoms with Gasteiger partial charge in [-0.2, -0.15) is 0 Å². The average molecular weight is 268 g/mol. The normalized spacial score (nSPS) is 28.6. The molecule has 5 heteroatoms. The smallest absolute Gasteiger partial charge is 0.137 e. The molecule has 17 heavy (non-hydrogen) atoms. The summed E-state index contributed by atoms with van der Waals surface area (Å²) in [5, 5.41) is 3.00. The van der Waals surface area contributed by atoms with Crippen LogP contribution in [-0.2, 0) is 15.5 Å². The molecule has 1 aromatic rings. The van der Waals surface area contributed by atoms with Gasteiger partial charge in [-0.3, -0.25) is 9.19 Å². The van der Waals surface area contributed by atoms with Crippen LogP contribution in [0.5, 0.6) is 0 Å². The second-order valence-corrected chi connectivity index (χ2v) is 6.33. The van der Waals surface area contributed by atoms with Crippen LogP contribution in [0.2, 0.25) is 0 Å². The molecule has 0 saturated carbocycles. The molecule has 0 aromatic carbocycles. The van der Waals surface area contributed by atoms with Crippen LogP contribution in [-0.4, -0.2) is 27.0 Å². The van der Waals surface area contributed by atoms with Gasteiger partial charge in [0.15, 0.2) is 0 Å². The Morgan fingerprint density at radius 3 is 2.94 bits per heavy atom. The molecule has 3 nitrogen and oxygen atoms in total. The number of nitrogens with zero attached hydrogens (tertiary/aromatic N) is 1. The first-order valence-corrected chi connectivity index (χ1v) is 7.46. The summed E-state index contributed by atoms with van der Waals surface area (Å²) in [5.41, 5.74) is 0.831. The zero-order chi connectivity index (χ0) is 12.3. The molecule has 1 aliphatic heterocycles. The van der Waals surface area contributed by atoms with Crippen LogP contribution in [0, 0.1) is 0 Å². The molecule has 0 spiro atoms. The Labute approximate surface area is 109 Å². The van der Waals surface area contributed by atoms with Gasteiger partial charge in [-0.25, -0.2) is 0 Å². The highest BCUT2D eigenvalue weighted by molar-refractivity contribution is 7.90. The van der Waals surface area contributed by atoms with Gasteiger partial charge in [0.1, 0.15) is 9.74 Å². The van der Waals surface area contributed by atoms with Gasteiger partial charge in [-0.1, -0.05) is 24.7 Å². The topological polar surface area (TPSA) is 42.0 Å². The van der Waals surface area contributed by atoms with Crippen LogP contribution in [0.1, 0.15) is 25.0 Å². The number of likely N-dealkylation sites (N-methyl/N-ethyl adjacent to an activating group) is 1. The molecule has 1 N–H and O–H groups in total. The third-order valence-electron chi connectivity index (χ3n) is 3.17. The minimum Gasteiger partial charge on any atom is -0.381 e. The van der Waals surface area contributed by atoms with Crippen molar-refractivity contribution >= 4 is 28.0 Å². The molecule has 0 amide bonds. The van der Waals surface area contributed by atoms with Crippen molar-refractivity contribution in [1.82, 2.24) is 10.3 Å². The highest BCUT2D eigenvalue weighted by Gasteiger charge is 2.45. The average Bonchev–Trinajstić information content (AvgIpc) is 2.39. The quantitative estimate of drug-likeness (QED) is 0.830. The van der Waals surface area contributed by atoms with E-state index in [0.717, 1.165) is 25.0 Å². The van der Waals surface area contributed by atoms with E-state index in [4.69, 9.17) is 12.2 Å². The van der Waals surface area contributed by atoms with Crippen molar-refractivity contribution in [3.05, 3.63) is 30.1 Å². The lowest BCUT2D eigenvalue weighted by Gasteiger charge is -2.36. The van der Waals surface area contributed by atoms with Gasteiger partial charge in [0.25, 0.3) is 0 Å². The summed E-state index contributed by atoms with van der Waals surface area (Å²) < 4.78 is 11.9. The van der Waals surface area contributed by atoms with Crippen molar-refractivity contribution in [2.75, 3.05) is 12.8 Å². The fourth-order valence-corrected chi connectivity index (χ4v) is 4.61. The standard InChI is InChI=1S/C12H16N2OS2/c1-13-11(16)12(7-3-5-9-17(12)15)10-6-2-4-8-14-10/h2,4,6,8H,3,5,7,9H2,1H3,(H,13,16)/t12-,17?/m1/s1. The summed E-state index contributed by atoms with van der Waals surface area (Å²) in [7, 11) is 0.807. The van der Waals surface area contributed by atoms with Crippen molar-refractivity contribution < 1.29 is 4.21 Å². The lowest BCUT2D eigenvalue weighted by atomic mass is 9.95. The fourth-order valence-electron chi connectivity index (χ4n) is 2.28. The number of nitrogens with one attached hydrogen (secondary N) is 1. The first-order chi connectivity index (χ1) is 8.21. The maximum Gasteiger partial charge on any atom is 0.137 e. The number of hydrogen-bond acceptors (Lipinski definition) is 3. The van der Waals surface area contributed by atoms with Crippen LogP contribution in [0.25, 0.3) is 0 Å². The van der Waals surface area contributed by atoms with Crippen LogP contribution < -0.4 is 5.32 Å². The molecule has 0 bridgehead atoms. The summed E-state index contributed by atoms with van der Waals surface area (Å²) in [4.78, 5) is 5.02. The van der Waals surface area contributed by atoms with Crippen molar-refractivity contribution in [1.29, 1.82) is 0 Å². The van der Waals surface area contributed by atoms with Gasteiger partial charge in [0.05, 0.1) is 5.69 Å². The Bertz CT molecular complexity index is 425. The van der Waals surface area contributed by atoms with Gasteiger partial charge in [-0.15, -0.1) is 0 Å². The van der Waals surface area contributed by atoms with E-state index in [1.165, 1.54) is 0 Å². The highest BCUT2D eigenvalue weighted by Crippen LogP contribution is 2.37. The van der Waals surface area contributed by atoms with Crippen molar-refractivity contribution in [3.63, 3.8) is 0 Å². The van der Waals surface area contributed by atoms with E-state index in [1.54, 1.807) is 13.2 Å². The third-order valence-corrected chi connectivity index (χ3v) is 5.91. The van der Waals surface area contributed by atoms with E-state index in [1.807, 2.05) is 18.2 Å². The predicted octanol–water partition coefficient (Wildman–Crippen LogP) is 1.76. The SMILES string of the molecule is CNC(=S)[C@]1(c2ccccn2)CCCCS1=O. The van der Waals surface area contributed by atoms with Crippen LogP contribution in [0.4, 0.5) is 0 Å². The van der Waals surface area contributed by atoms with E-state index >= 15 is 0 Å². The Balaban J connectivity index is 2.50. The zero-order valence-electron chi connectivity index (χ0n) is 9.81. The Hall–Kier alpha value is -0.810. The maximum absolute atomic E-state index is 12.5. The van der Waals surface area contributed by atoms with Gasteiger partial charge in [0.2, 0.25) is 0 Å². The van der Waals surface area contributed by atoms with E-state index in [2.05, 4.69) is 10.3 Å². The van der Waals surface area contributed by atoms with Crippen LogP contribution in [0.3, 0.4) is 0 Å². The van der Waals surface area contributed by atoms with E-state index in [9.17, 15) is 4.21 Å². The Kier molecular flexibility index (Phi) is 3.89.